The first-order valence-electron chi connectivity index (χ1n) is 8.32. The van der Waals surface area contributed by atoms with Gasteiger partial charge in [0.1, 0.15) is 5.52 Å². The molecule has 0 aliphatic carbocycles. The minimum Gasteiger partial charge on any atom is -0.436 e. The highest BCUT2D eigenvalue weighted by molar-refractivity contribution is 14.1. The Morgan fingerprint density at radius 1 is 1.14 bits per heavy atom. The van der Waals surface area contributed by atoms with Crippen LogP contribution < -0.4 is 5.32 Å². The van der Waals surface area contributed by atoms with E-state index in [2.05, 4.69) is 32.9 Å². The zero-order valence-electron chi connectivity index (χ0n) is 14.6. The number of benzene rings is 3. The Morgan fingerprint density at radius 2 is 1.97 bits per heavy atom. The Morgan fingerprint density at radius 3 is 2.69 bits per heavy atom. The summed E-state index contributed by atoms with van der Waals surface area (Å²) in [4.78, 5) is 27.2. The summed E-state index contributed by atoms with van der Waals surface area (Å²) in [5.41, 5.74) is 2.49. The summed E-state index contributed by atoms with van der Waals surface area (Å²) >= 11 is 8.24. The number of amides is 1. The van der Waals surface area contributed by atoms with Crippen molar-refractivity contribution in [3.8, 4) is 11.5 Å². The molecule has 29 heavy (non-hydrogen) atoms. The van der Waals surface area contributed by atoms with Crippen molar-refractivity contribution in [1.29, 1.82) is 0 Å². The summed E-state index contributed by atoms with van der Waals surface area (Å²) in [6.07, 6.45) is 0. The zero-order valence-corrected chi connectivity index (χ0v) is 17.5. The number of non-ortho nitro benzene ring substituents is 1. The molecule has 0 aliphatic rings. The third-order valence-electron chi connectivity index (χ3n) is 4.13. The normalized spacial score (nSPS) is 10.8. The summed E-state index contributed by atoms with van der Waals surface area (Å²) in [7, 11) is 0. The molecule has 0 unspecified atom stereocenters. The molecular weight excluding hydrogens is 509 g/mol. The van der Waals surface area contributed by atoms with E-state index in [1.807, 2.05) is 24.3 Å². The predicted molar refractivity (Wildman–Crippen MR) is 118 cm³/mol. The molecule has 9 heteroatoms. The van der Waals surface area contributed by atoms with Gasteiger partial charge in [-0.2, -0.15) is 0 Å². The van der Waals surface area contributed by atoms with Crippen LogP contribution in [0.3, 0.4) is 0 Å². The number of nitrogens with zero attached hydrogens (tertiary/aromatic N) is 2. The molecule has 1 aromatic heterocycles. The highest BCUT2D eigenvalue weighted by Crippen LogP contribution is 2.28. The van der Waals surface area contributed by atoms with Gasteiger partial charge in [-0.15, -0.1) is 0 Å². The van der Waals surface area contributed by atoms with Gasteiger partial charge in [-0.1, -0.05) is 17.7 Å². The summed E-state index contributed by atoms with van der Waals surface area (Å²) in [5, 5.41) is 13.5. The van der Waals surface area contributed by atoms with Crippen LogP contribution in [-0.4, -0.2) is 15.8 Å². The number of aromatic nitrogens is 1. The molecular formula is C20H11ClIN3O4. The first-order valence-corrected chi connectivity index (χ1v) is 9.78. The average Bonchev–Trinajstić information content (AvgIpc) is 3.11. The molecule has 1 heterocycles. The molecule has 4 aromatic rings. The van der Waals surface area contributed by atoms with E-state index < -0.39 is 10.8 Å². The fraction of sp³-hybridized carbons (Fsp3) is 0. The summed E-state index contributed by atoms with van der Waals surface area (Å²) < 4.78 is 6.86. The highest BCUT2D eigenvalue weighted by Gasteiger charge is 2.16. The van der Waals surface area contributed by atoms with Gasteiger partial charge in [-0.3, -0.25) is 14.9 Å². The van der Waals surface area contributed by atoms with Crippen LogP contribution in [0.4, 0.5) is 11.4 Å². The van der Waals surface area contributed by atoms with E-state index in [1.54, 1.807) is 18.2 Å². The van der Waals surface area contributed by atoms with Gasteiger partial charge < -0.3 is 9.73 Å². The number of nitrogens with one attached hydrogen (secondary N) is 1. The number of halogens is 2. The maximum atomic E-state index is 12.5. The van der Waals surface area contributed by atoms with Crippen LogP contribution in [0.25, 0.3) is 22.6 Å². The number of nitro groups is 1. The van der Waals surface area contributed by atoms with Gasteiger partial charge in [0.25, 0.3) is 11.6 Å². The molecule has 0 spiro atoms. The SMILES string of the molecule is O=C(Nc1ccc2oc(-c3cccc(I)c3)nc2c1)c1ccc([N+](=O)[O-])cc1Cl. The van der Waals surface area contributed by atoms with Gasteiger partial charge >= 0.3 is 0 Å². The fourth-order valence-electron chi connectivity index (χ4n) is 2.75. The Balaban J connectivity index is 1.60. The van der Waals surface area contributed by atoms with Gasteiger partial charge in [0.15, 0.2) is 5.58 Å². The van der Waals surface area contributed by atoms with E-state index in [4.69, 9.17) is 16.0 Å². The predicted octanol–water partition coefficient (Wildman–Crippen LogP) is 5.91. The Kier molecular flexibility index (Phi) is 5.20. The average molecular weight is 520 g/mol. The smallest absolute Gasteiger partial charge is 0.270 e. The van der Waals surface area contributed by atoms with E-state index in [-0.39, 0.29) is 16.3 Å². The van der Waals surface area contributed by atoms with E-state index >= 15 is 0 Å². The number of hydrogen-bond acceptors (Lipinski definition) is 5. The van der Waals surface area contributed by atoms with Gasteiger partial charge in [-0.05, 0) is 65.1 Å². The standard InChI is InChI=1S/C20H11ClIN3O4/c21-16-10-14(25(27)28)5-6-15(16)19(26)23-13-4-7-18-17(9-13)24-20(29-18)11-2-1-3-12(22)8-11/h1-10H,(H,23,26). The van der Waals surface area contributed by atoms with Crippen LogP contribution in [0.15, 0.2) is 65.1 Å². The molecule has 1 N–H and O–H groups in total. The van der Waals surface area contributed by atoms with Crippen LogP contribution in [0.2, 0.25) is 5.02 Å². The number of hydrogen-bond donors (Lipinski definition) is 1. The molecule has 0 bridgehead atoms. The van der Waals surface area contributed by atoms with Crippen LogP contribution >= 0.6 is 34.2 Å². The number of carbonyl (C=O) groups excluding carboxylic acids is 1. The maximum absolute atomic E-state index is 12.5. The van der Waals surface area contributed by atoms with Crippen molar-refractivity contribution >= 4 is 62.6 Å². The van der Waals surface area contributed by atoms with Crippen molar-refractivity contribution in [2.45, 2.75) is 0 Å². The van der Waals surface area contributed by atoms with E-state index in [1.165, 1.54) is 12.1 Å². The van der Waals surface area contributed by atoms with Gasteiger partial charge in [-0.25, -0.2) is 4.98 Å². The number of fused-ring (bicyclic) bond motifs is 1. The minimum absolute atomic E-state index is 0.000168. The summed E-state index contributed by atoms with van der Waals surface area (Å²) in [6.45, 7) is 0. The van der Waals surface area contributed by atoms with Crippen molar-refractivity contribution in [3.05, 3.63) is 84.9 Å². The zero-order chi connectivity index (χ0) is 20.5. The third-order valence-corrected chi connectivity index (χ3v) is 5.11. The van der Waals surface area contributed by atoms with Crippen molar-refractivity contribution in [2.24, 2.45) is 0 Å². The summed E-state index contributed by atoms with van der Waals surface area (Å²) in [6, 6.07) is 16.6. The quantitative estimate of drug-likeness (QED) is 0.205. The number of nitro benzene ring substituents is 1. The number of anilines is 1. The molecule has 0 aliphatic heterocycles. The molecule has 7 nitrogen and oxygen atoms in total. The summed E-state index contributed by atoms with van der Waals surface area (Å²) in [5.74, 6) is 0.00554. The van der Waals surface area contributed by atoms with E-state index in [0.717, 1.165) is 15.2 Å². The van der Waals surface area contributed by atoms with Crippen molar-refractivity contribution < 1.29 is 14.1 Å². The van der Waals surface area contributed by atoms with Crippen molar-refractivity contribution in [3.63, 3.8) is 0 Å². The second-order valence-electron chi connectivity index (χ2n) is 6.09. The molecule has 0 atom stereocenters. The van der Waals surface area contributed by atoms with Crippen molar-refractivity contribution in [1.82, 2.24) is 4.98 Å². The van der Waals surface area contributed by atoms with E-state index in [9.17, 15) is 14.9 Å². The topological polar surface area (TPSA) is 98.3 Å². The Bertz CT molecular complexity index is 1270. The van der Waals surface area contributed by atoms with Crippen LogP contribution in [-0.2, 0) is 0 Å². The second kappa shape index (κ2) is 7.80. The van der Waals surface area contributed by atoms with Crippen LogP contribution in [0.5, 0.6) is 0 Å². The van der Waals surface area contributed by atoms with Gasteiger partial charge in [0.05, 0.1) is 15.5 Å². The van der Waals surface area contributed by atoms with Crippen LogP contribution in [0, 0.1) is 13.7 Å². The first kappa shape index (κ1) is 19.3. The minimum atomic E-state index is -0.572. The molecule has 0 radical (unpaired) electrons. The molecule has 144 valence electrons. The molecule has 4 rings (SSSR count). The monoisotopic (exact) mass is 519 g/mol. The number of carbonyl (C=O) groups is 1. The van der Waals surface area contributed by atoms with E-state index in [0.29, 0.717) is 22.7 Å². The molecule has 0 fully saturated rings. The molecule has 0 saturated heterocycles. The lowest BCUT2D eigenvalue weighted by molar-refractivity contribution is -0.384. The molecule has 0 saturated carbocycles. The van der Waals surface area contributed by atoms with Gasteiger partial charge in [0.2, 0.25) is 5.89 Å². The fourth-order valence-corrected chi connectivity index (χ4v) is 3.55. The lowest BCUT2D eigenvalue weighted by atomic mass is 10.2. The first-order chi connectivity index (χ1) is 13.9. The van der Waals surface area contributed by atoms with Crippen molar-refractivity contribution in [2.75, 3.05) is 5.32 Å². The largest absolute Gasteiger partial charge is 0.436 e. The highest BCUT2D eigenvalue weighted by atomic mass is 127. The number of oxazole rings is 1. The Labute approximate surface area is 183 Å². The Hall–Kier alpha value is -2.98. The molecule has 3 aromatic carbocycles. The molecule has 1 amide bonds. The second-order valence-corrected chi connectivity index (χ2v) is 7.74. The lowest BCUT2D eigenvalue weighted by Crippen LogP contribution is -2.12. The lowest BCUT2D eigenvalue weighted by Gasteiger charge is -2.06. The maximum Gasteiger partial charge on any atom is 0.270 e. The third kappa shape index (κ3) is 4.08. The van der Waals surface area contributed by atoms with Gasteiger partial charge in [0, 0.05) is 27.0 Å². The van der Waals surface area contributed by atoms with Crippen LogP contribution in [0.1, 0.15) is 10.4 Å². The number of rotatable bonds is 4.